The summed E-state index contributed by atoms with van der Waals surface area (Å²) in [6, 6.07) is 8.92. The summed E-state index contributed by atoms with van der Waals surface area (Å²) in [7, 11) is 0. The van der Waals surface area contributed by atoms with Gasteiger partial charge in [-0.05, 0) is 30.2 Å². The summed E-state index contributed by atoms with van der Waals surface area (Å²) in [5, 5.41) is 3.55. The molecule has 1 amide bonds. The summed E-state index contributed by atoms with van der Waals surface area (Å²) in [6.07, 6.45) is 1.89. The Morgan fingerprint density at radius 3 is 2.80 bits per heavy atom. The average Bonchev–Trinajstić information content (AvgIpc) is 2.58. The molecular weight excluding hydrogens is 361 g/mol. The summed E-state index contributed by atoms with van der Waals surface area (Å²) >= 11 is 12.5. The van der Waals surface area contributed by atoms with Crippen molar-refractivity contribution in [3.63, 3.8) is 0 Å². The SMILES string of the molecule is Cc1cccn2c3c(c(=O)nc12)[C@@H](c1cccc(Cl)c1Cl)CC(=O)N3. The Morgan fingerprint density at radius 1 is 1.20 bits per heavy atom. The molecule has 1 aliphatic rings. The predicted molar refractivity (Wildman–Crippen MR) is 97.8 cm³/mol. The first kappa shape index (κ1) is 16.1. The van der Waals surface area contributed by atoms with E-state index in [0.717, 1.165) is 5.56 Å². The minimum atomic E-state index is -0.493. The van der Waals surface area contributed by atoms with Crippen LogP contribution in [0, 0.1) is 6.92 Å². The van der Waals surface area contributed by atoms with Gasteiger partial charge in [-0.15, -0.1) is 0 Å². The largest absolute Gasteiger partial charge is 0.311 e. The number of nitrogens with zero attached hydrogens (tertiary/aromatic N) is 2. The number of aryl methyl sites for hydroxylation is 1. The van der Waals surface area contributed by atoms with Crippen molar-refractivity contribution < 1.29 is 4.79 Å². The lowest BCUT2D eigenvalue weighted by Crippen LogP contribution is -2.32. The van der Waals surface area contributed by atoms with Crippen LogP contribution < -0.4 is 10.9 Å². The van der Waals surface area contributed by atoms with Crippen LogP contribution >= 0.6 is 23.2 Å². The van der Waals surface area contributed by atoms with E-state index in [1.54, 1.807) is 28.8 Å². The second kappa shape index (κ2) is 5.86. The lowest BCUT2D eigenvalue weighted by Gasteiger charge is -2.27. The van der Waals surface area contributed by atoms with Gasteiger partial charge in [0, 0.05) is 18.5 Å². The normalized spacial score (nSPS) is 16.6. The van der Waals surface area contributed by atoms with Crippen LogP contribution in [0.15, 0.2) is 41.3 Å². The van der Waals surface area contributed by atoms with Crippen molar-refractivity contribution >= 4 is 40.6 Å². The maximum atomic E-state index is 12.8. The van der Waals surface area contributed by atoms with E-state index in [1.165, 1.54) is 0 Å². The van der Waals surface area contributed by atoms with Gasteiger partial charge in [0.2, 0.25) is 5.91 Å². The van der Waals surface area contributed by atoms with Gasteiger partial charge in [-0.25, -0.2) is 0 Å². The van der Waals surface area contributed by atoms with E-state index in [4.69, 9.17) is 23.2 Å². The quantitative estimate of drug-likeness (QED) is 0.705. The highest BCUT2D eigenvalue weighted by atomic mass is 35.5. The first-order valence-corrected chi connectivity index (χ1v) is 8.48. The molecule has 1 aromatic carbocycles. The molecule has 7 heteroatoms. The summed E-state index contributed by atoms with van der Waals surface area (Å²) in [4.78, 5) is 29.3. The highest BCUT2D eigenvalue weighted by Gasteiger charge is 2.33. The molecule has 1 N–H and O–H groups in total. The van der Waals surface area contributed by atoms with Crippen molar-refractivity contribution in [1.82, 2.24) is 9.38 Å². The molecule has 0 spiro atoms. The Hall–Kier alpha value is -2.37. The third-order valence-electron chi connectivity index (χ3n) is 4.45. The standard InChI is InChI=1S/C18H13Cl2N3O2/c1-9-4-3-7-23-16(9)22-18(25)14-11(8-13(24)21-17(14)23)10-5-2-6-12(19)15(10)20/h2-7,11H,8H2,1H3,(H,21,24)/t11-/m1/s1. The van der Waals surface area contributed by atoms with Crippen LogP contribution in [-0.4, -0.2) is 15.3 Å². The number of hydrogen-bond acceptors (Lipinski definition) is 3. The number of rotatable bonds is 1. The molecule has 1 atom stereocenters. The van der Waals surface area contributed by atoms with Crippen molar-refractivity contribution in [2.24, 2.45) is 0 Å². The van der Waals surface area contributed by atoms with E-state index in [1.807, 2.05) is 19.1 Å². The third-order valence-corrected chi connectivity index (χ3v) is 5.28. The highest BCUT2D eigenvalue weighted by Crippen LogP contribution is 2.40. The predicted octanol–water partition coefficient (Wildman–Crippen LogP) is 3.78. The molecule has 5 nitrogen and oxygen atoms in total. The summed E-state index contributed by atoms with van der Waals surface area (Å²) < 4.78 is 1.73. The molecule has 3 aromatic rings. The van der Waals surface area contributed by atoms with E-state index < -0.39 is 5.92 Å². The number of aromatic nitrogens is 2. The highest BCUT2D eigenvalue weighted by molar-refractivity contribution is 6.42. The zero-order chi connectivity index (χ0) is 17.7. The molecule has 1 aliphatic heterocycles. The summed E-state index contributed by atoms with van der Waals surface area (Å²) in [5.74, 6) is -0.238. The van der Waals surface area contributed by atoms with Crippen molar-refractivity contribution in [3.8, 4) is 0 Å². The van der Waals surface area contributed by atoms with Crippen LogP contribution in [-0.2, 0) is 4.79 Å². The van der Waals surface area contributed by atoms with Gasteiger partial charge in [0.1, 0.15) is 11.5 Å². The van der Waals surface area contributed by atoms with Crippen molar-refractivity contribution in [1.29, 1.82) is 0 Å². The Bertz CT molecular complexity index is 1090. The Morgan fingerprint density at radius 2 is 2.00 bits per heavy atom. The average molecular weight is 374 g/mol. The number of halogens is 2. The van der Waals surface area contributed by atoms with E-state index in [0.29, 0.717) is 32.6 Å². The third kappa shape index (κ3) is 2.51. The second-order valence-electron chi connectivity index (χ2n) is 6.01. The first-order chi connectivity index (χ1) is 12.0. The molecule has 0 radical (unpaired) electrons. The van der Waals surface area contributed by atoms with Gasteiger partial charge in [0.15, 0.2) is 0 Å². The monoisotopic (exact) mass is 373 g/mol. The molecule has 2 aromatic heterocycles. The summed E-state index contributed by atoms with van der Waals surface area (Å²) in [6.45, 7) is 1.87. The Kier molecular flexibility index (Phi) is 3.78. The zero-order valence-corrected chi connectivity index (χ0v) is 14.7. The minimum Gasteiger partial charge on any atom is -0.311 e. The van der Waals surface area contributed by atoms with E-state index in [9.17, 15) is 9.59 Å². The fourth-order valence-electron chi connectivity index (χ4n) is 3.29. The number of hydrogen-bond donors (Lipinski definition) is 1. The summed E-state index contributed by atoms with van der Waals surface area (Å²) in [5.41, 5.74) is 2.07. The number of amides is 1. The maximum Gasteiger partial charge on any atom is 0.279 e. The van der Waals surface area contributed by atoms with Gasteiger partial charge < -0.3 is 5.32 Å². The molecule has 0 saturated heterocycles. The lowest BCUT2D eigenvalue weighted by atomic mass is 9.86. The van der Waals surface area contributed by atoms with Gasteiger partial charge in [0.25, 0.3) is 5.56 Å². The van der Waals surface area contributed by atoms with E-state index in [2.05, 4.69) is 10.3 Å². The van der Waals surface area contributed by atoms with E-state index in [-0.39, 0.29) is 17.9 Å². The number of carbonyl (C=O) groups is 1. The van der Waals surface area contributed by atoms with Crippen LogP contribution in [0.5, 0.6) is 0 Å². The minimum absolute atomic E-state index is 0.113. The van der Waals surface area contributed by atoms with Crippen molar-refractivity contribution in [2.45, 2.75) is 19.3 Å². The van der Waals surface area contributed by atoms with Crippen LogP contribution in [0.3, 0.4) is 0 Å². The van der Waals surface area contributed by atoms with Gasteiger partial charge in [-0.1, -0.05) is 41.4 Å². The molecule has 0 bridgehead atoms. The Labute approximate surface area is 153 Å². The first-order valence-electron chi connectivity index (χ1n) is 7.73. The topological polar surface area (TPSA) is 63.5 Å². The van der Waals surface area contributed by atoms with E-state index >= 15 is 0 Å². The van der Waals surface area contributed by atoms with Crippen molar-refractivity contribution in [2.75, 3.05) is 5.32 Å². The van der Waals surface area contributed by atoms with Crippen molar-refractivity contribution in [3.05, 3.63) is 73.6 Å². The number of pyridine rings is 1. The number of benzene rings is 1. The molecule has 0 fully saturated rings. The van der Waals surface area contributed by atoms with Gasteiger partial charge in [-0.3, -0.25) is 14.0 Å². The fourth-order valence-corrected chi connectivity index (χ4v) is 3.73. The molecule has 0 unspecified atom stereocenters. The fraction of sp³-hybridized carbons (Fsp3) is 0.167. The number of anilines is 1. The molecular formula is C18H13Cl2N3O2. The van der Waals surface area contributed by atoms with Crippen LogP contribution in [0.25, 0.3) is 5.65 Å². The lowest BCUT2D eigenvalue weighted by molar-refractivity contribution is -0.116. The second-order valence-corrected chi connectivity index (χ2v) is 6.80. The van der Waals surface area contributed by atoms with Crippen LogP contribution in [0.1, 0.15) is 29.0 Å². The molecule has 0 aliphatic carbocycles. The number of nitrogens with one attached hydrogen (secondary N) is 1. The maximum absolute atomic E-state index is 12.8. The van der Waals surface area contributed by atoms with Gasteiger partial charge in [0.05, 0.1) is 15.6 Å². The number of carbonyl (C=O) groups excluding carboxylic acids is 1. The molecule has 25 heavy (non-hydrogen) atoms. The Balaban J connectivity index is 2.06. The molecule has 126 valence electrons. The molecule has 4 rings (SSSR count). The number of fused-ring (bicyclic) bond motifs is 3. The smallest absolute Gasteiger partial charge is 0.279 e. The zero-order valence-electron chi connectivity index (χ0n) is 13.2. The molecule has 3 heterocycles. The van der Waals surface area contributed by atoms with Crippen LogP contribution in [0.4, 0.5) is 5.82 Å². The van der Waals surface area contributed by atoms with Crippen LogP contribution in [0.2, 0.25) is 10.0 Å². The van der Waals surface area contributed by atoms with Gasteiger partial charge >= 0.3 is 0 Å². The molecule has 0 saturated carbocycles. The van der Waals surface area contributed by atoms with Gasteiger partial charge in [-0.2, -0.15) is 4.98 Å².